The summed E-state index contributed by atoms with van der Waals surface area (Å²) in [5.74, 6) is 0.815. The van der Waals surface area contributed by atoms with Gasteiger partial charge in [0.25, 0.3) is 0 Å². The molecule has 3 nitrogen and oxygen atoms in total. The molecule has 0 bridgehead atoms. The highest BCUT2D eigenvalue weighted by molar-refractivity contribution is 5.28. The largest absolute Gasteiger partial charge is 0.468 e. The Hall–Kier alpha value is -1.06. The van der Waals surface area contributed by atoms with E-state index in [0.717, 1.165) is 17.7 Å². The Morgan fingerprint density at radius 1 is 1.20 bits per heavy atom. The minimum atomic E-state index is 0.117. The SMILES string of the molecule is CCOCOc1ccc([C@H](N)CC)cc1. The van der Waals surface area contributed by atoms with Gasteiger partial charge in [-0.1, -0.05) is 19.1 Å². The van der Waals surface area contributed by atoms with Gasteiger partial charge in [0.15, 0.2) is 6.79 Å². The van der Waals surface area contributed by atoms with Gasteiger partial charge in [-0.2, -0.15) is 0 Å². The van der Waals surface area contributed by atoms with Gasteiger partial charge in [-0.15, -0.1) is 0 Å². The lowest BCUT2D eigenvalue weighted by atomic mass is 10.1. The summed E-state index contributed by atoms with van der Waals surface area (Å²) in [6, 6.07) is 7.95. The van der Waals surface area contributed by atoms with Crippen LogP contribution in [0.25, 0.3) is 0 Å². The van der Waals surface area contributed by atoms with E-state index in [-0.39, 0.29) is 6.04 Å². The molecule has 1 rings (SSSR count). The van der Waals surface area contributed by atoms with Crippen molar-refractivity contribution >= 4 is 0 Å². The normalized spacial score (nSPS) is 12.5. The molecule has 0 saturated carbocycles. The van der Waals surface area contributed by atoms with E-state index in [1.807, 2.05) is 31.2 Å². The molecule has 1 aromatic rings. The van der Waals surface area contributed by atoms with Crippen LogP contribution >= 0.6 is 0 Å². The van der Waals surface area contributed by atoms with Crippen LogP contribution in [0.3, 0.4) is 0 Å². The zero-order valence-electron chi connectivity index (χ0n) is 9.40. The molecule has 0 unspecified atom stereocenters. The minimum absolute atomic E-state index is 0.117. The zero-order valence-corrected chi connectivity index (χ0v) is 9.40. The molecular weight excluding hydrogens is 190 g/mol. The van der Waals surface area contributed by atoms with Gasteiger partial charge in [-0.05, 0) is 31.0 Å². The van der Waals surface area contributed by atoms with Gasteiger partial charge in [0.05, 0.1) is 0 Å². The second kappa shape index (κ2) is 6.43. The molecule has 1 aromatic carbocycles. The molecule has 0 radical (unpaired) electrons. The summed E-state index contributed by atoms with van der Waals surface area (Å²) in [5, 5.41) is 0. The van der Waals surface area contributed by atoms with Gasteiger partial charge in [0.1, 0.15) is 5.75 Å². The number of benzene rings is 1. The van der Waals surface area contributed by atoms with Crippen LogP contribution in [0.1, 0.15) is 31.9 Å². The summed E-state index contributed by atoms with van der Waals surface area (Å²) in [6.45, 7) is 4.98. The Bertz CT molecular complexity index is 271. The van der Waals surface area contributed by atoms with Crippen molar-refractivity contribution in [2.75, 3.05) is 13.4 Å². The maximum Gasteiger partial charge on any atom is 0.189 e. The highest BCUT2D eigenvalue weighted by atomic mass is 16.7. The van der Waals surface area contributed by atoms with E-state index in [1.165, 1.54) is 0 Å². The summed E-state index contributed by atoms with van der Waals surface area (Å²) in [5.41, 5.74) is 7.04. The topological polar surface area (TPSA) is 44.5 Å². The van der Waals surface area contributed by atoms with Crippen molar-refractivity contribution in [2.45, 2.75) is 26.3 Å². The van der Waals surface area contributed by atoms with Crippen molar-refractivity contribution in [1.82, 2.24) is 0 Å². The van der Waals surface area contributed by atoms with E-state index < -0.39 is 0 Å². The Morgan fingerprint density at radius 2 is 1.87 bits per heavy atom. The van der Waals surface area contributed by atoms with Gasteiger partial charge in [0.2, 0.25) is 0 Å². The molecule has 0 aliphatic heterocycles. The second-order valence-corrected chi connectivity index (χ2v) is 3.34. The molecule has 0 heterocycles. The highest BCUT2D eigenvalue weighted by Crippen LogP contribution is 2.18. The van der Waals surface area contributed by atoms with Crippen LogP contribution in [0, 0.1) is 0 Å². The molecule has 0 saturated heterocycles. The molecule has 0 aromatic heterocycles. The van der Waals surface area contributed by atoms with E-state index in [2.05, 4.69) is 6.92 Å². The number of hydrogen-bond acceptors (Lipinski definition) is 3. The van der Waals surface area contributed by atoms with Crippen molar-refractivity contribution in [3.05, 3.63) is 29.8 Å². The molecule has 2 N–H and O–H groups in total. The third kappa shape index (κ3) is 3.90. The molecule has 0 aliphatic rings. The van der Waals surface area contributed by atoms with E-state index in [0.29, 0.717) is 13.4 Å². The minimum Gasteiger partial charge on any atom is -0.468 e. The van der Waals surface area contributed by atoms with Crippen molar-refractivity contribution in [3.8, 4) is 5.75 Å². The second-order valence-electron chi connectivity index (χ2n) is 3.34. The standard InChI is InChI=1S/C12H19NO2/c1-3-12(13)10-5-7-11(8-6-10)15-9-14-4-2/h5-8,12H,3-4,9,13H2,1-2H3/t12-/m1/s1. The maximum atomic E-state index is 5.90. The van der Waals surface area contributed by atoms with Crippen molar-refractivity contribution in [2.24, 2.45) is 5.73 Å². The molecular formula is C12H19NO2. The van der Waals surface area contributed by atoms with Crippen molar-refractivity contribution < 1.29 is 9.47 Å². The maximum absolute atomic E-state index is 5.90. The summed E-state index contributed by atoms with van der Waals surface area (Å²) in [4.78, 5) is 0. The Labute approximate surface area is 91.2 Å². The van der Waals surface area contributed by atoms with Gasteiger partial charge in [-0.3, -0.25) is 0 Å². The first-order valence-corrected chi connectivity index (χ1v) is 5.34. The summed E-state index contributed by atoms with van der Waals surface area (Å²) in [6.07, 6.45) is 0.944. The van der Waals surface area contributed by atoms with Crippen LogP contribution in [0.4, 0.5) is 0 Å². The third-order valence-corrected chi connectivity index (χ3v) is 2.26. The van der Waals surface area contributed by atoms with Crippen LogP contribution in [0.15, 0.2) is 24.3 Å². The van der Waals surface area contributed by atoms with E-state index in [4.69, 9.17) is 15.2 Å². The first-order chi connectivity index (χ1) is 7.27. The van der Waals surface area contributed by atoms with E-state index >= 15 is 0 Å². The first-order valence-electron chi connectivity index (χ1n) is 5.34. The fourth-order valence-electron chi connectivity index (χ4n) is 1.24. The lowest BCUT2D eigenvalue weighted by molar-refractivity contribution is 0.0224. The molecule has 3 heteroatoms. The summed E-state index contributed by atoms with van der Waals surface area (Å²) < 4.78 is 10.4. The fraction of sp³-hybridized carbons (Fsp3) is 0.500. The van der Waals surface area contributed by atoms with E-state index in [1.54, 1.807) is 0 Å². The molecule has 1 atom stereocenters. The molecule has 0 fully saturated rings. The molecule has 15 heavy (non-hydrogen) atoms. The lowest BCUT2D eigenvalue weighted by Crippen LogP contribution is -2.08. The van der Waals surface area contributed by atoms with Gasteiger partial charge < -0.3 is 15.2 Å². The third-order valence-electron chi connectivity index (χ3n) is 2.26. The molecule has 0 aliphatic carbocycles. The fourth-order valence-corrected chi connectivity index (χ4v) is 1.24. The van der Waals surface area contributed by atoms with Gasteiger partial charge in [-0.25, -0.2) is 0 Å². The number of hydrogen-bond donors (Lipinski definition) is 1. The lowest BCUT2D eigenvalue weighted by Gasteiger charge is -2.10. The zero-order chi connectivity index (χ0) is 11.1. The Balaban J connectivity index is 2.49. The quantitative estimate of drug-likeness (QED) is 0.578. The van der Waals surface area contributed by atoms with Gasteiger partial charge in [0, 0.05) is 12.6 Å². The Kier molecular flexibility index (Phi) is 5.15. The first kappa shape index (κ1) is 12.0. The predicted octanol–water partition coefficient (Wildman–Crippen LogP) is 2.47. The molecule has 0 amide bonds. The number of rotatable bonds is 6. The van der Waals surface area contributed by atoms with Crippen LogP contribution in [0.5, 0.6) is 5.75 Å². The smallest absolute Gasteiger partial charge is 0.189 e. The van der Waals surface area contributed by atoms with Crippen LogP contribution < -0.4 is 10.5 Å². The van der Waals surface area contributed by atoms with Crippen LogP contribution in [-0.2, 0) is 4.74 Å². The predicted molar refractivity (Wildman–Crippen MR) is 60.8 cm³/mol. The summed E-state index contributed by atoms with van der Waals surface area (Å²) in [7, 11) is 0. The monoisotopic (exact) mass is 209 g/mol. The number of ether oxygens (including phenoxy) is 2. The average Bonchev–Trinajstić information content (AvgIpc) is 2.29. The van der Waals surface area contributed by atoms with Crippen molar-refractivity contribution in [1.29, 1.82) is 0 Å². The number of nitrogens with two attached hydrogens (primary N) is 1. The highest BCUT2D eigenvalue weighted by Gasteiger charge is 2.02. The van der Waals surface area contributed by atoms with Crippen molar-refractivity contribution in [3.63, 3.8) is 0 Å². The van der Waals surface area contributed by atoms with Gasteiger partial charge >= 0.3 is 0 Å². The molecule has 84 valence electrons. The summed E-state index contributed by atoms with van der Waals surface area (Å²) >= 11 is 0. The molecule has 0 spiro atoms. The average molecular weight is 209 g/mol. The van der Waals surface area contributed by atoms with E-state index in [9.17, 15) is 0 Å². The van der Waals surface area contributed by atoms with Crippen LogP contribution in [0.2, 0.25) is 0 Å². The van der Waals surface area contributed by atoms with Crippen LogP contribution in [-0.4, -0.2) is 13.4 Å². The Morgan fingerprint density at radius 3 is 2.40 bits per heavy atom.